The molecule has 0 amide bonds. The maximum atomic E-state index is 13.7. The summed E-state index contributed by atoms with van der Waals surface area (Å²) < 4.78 is 13.7. The smallest absolute Gasteiger partial charge is 0.123 e. The van der Waals surface area contributed by atoms with Crippen molar-refractivity contribution >= 4 is 0 Å². The summed E-state index contributed by atoms with van der Waals surface area (Å²) >= 11 is 0. The Hall–Kier alpha value is -1.87. The van der Waals surface area contributed by atoms with Crippen LogP contribution in [-0.4, -0.2) is 16.3 Å². The van der Waals surface area contributed by atoms with Crippen molar-refractivity contribution in [2.75, 3.05) is 0 Å². The average molecular weight is 366 g/mol. The molecule has 0 heterocycles. The Morgan fingerprint density at radius 1 is 1.07 bits per heavy atom. The summed E-state index contributed by atoms with van der Waals surface area (Å²) in [5.41, 5.74) is 4.12. The fourth-order valence-electron chi connectivity index (χ4n) is 6.47. The van der Waals surface area contributed by atoms with Gasteiger partial charge in [-0.05, 0) is 103 Å². The Kier molecular flexibility index (Phi) is 3.87. The van der Waals surface area contributed by atoms with Crippen molar-refractivity contribution in [1.29, 1.82) is 0 Å². The zero-order chi connectivity index (χ0) is 18.8. The first-order valence-electron chi connectivity index (χ1n) is 10.3. The second-order valence-electron chi connectivity index (χ2n) is 9.13. The van der Waals surface area contributed by atoms with E-state index in [2.05, 4.69) is 13.0 Å². The molecule has 3 aliphatic carbocycles. The molecule has 5 rings (SSSR count). The van der Waals surface area contributed by atoms with Crippen molar-refractivity contribution in [3.63, 3.8) is 0 Å². The second kappa shape index (κ2) is 6.07. The van der Waals surface area contributed by atoms with E-state index in [0.29, 0.717) is 17.8 Å². The molecule has 2 aromatic rings. The average Bonchev–Trinajstić information content (AvgIpc) is 2.96. The number of fused-ring (bicyclic) bond motifs is 5. The molecule has 5 atom stereocenters. The van der Waals surface area contributed by atoms with Crippen LogP contribution in [0.25, 0.3) is 11.1 Å². The third-order valence-corrected chi connectivity index (χ3v) is 7.93. The molecule has 2 aromatic carbocycles. The minimum Gasteiger partial charge on any atom is -0.507 e. The van der Waals surface area contributed by atoms with Gasteiger partial charge in [-0.2, -0.15) is 0 Å². The van der Waals surface area contributed by atoms with Crippen LogP contribution < -0.4 is 0 Å². The zero-order valence-electron chi connectivity index (χ0n) is 15.8. The maximum Gasteiger partial charge on any atom is 0.123 e. The van der Waals surface area contributed by atoms with Gasteiger partial charge in [-0.25, -0.2) is 4.39 Å². The minimum absolute atomic E-state index is 0.0704. The van der Waals surface area contributed by atoms with Crippen molar-refractivity contribution in [2.24, 2.45) is 17.3 Å². The number of aryl methyl sites for hydroxylation is 1. The van der Waals surface area contributed by atoms with Crippen molar-refractivity contribution in [3.8, 4) is 16.9 Å². The van der Waals surface area contributed by atoms with E-state index in [9.17, 15) is 14.6 Å². The van der Waals surface area contributed by atoms with Crippen LogP contribution >= 0.6 is 0 Å². The molecular formula is C24H27FO2. The van der Waals surface area contributed by atoms with Gasteiger partial charge in [-0.15, -0.1) is 0 Å². The molecule has 2 fully saturated rings. The van der Waals surface area contributed by atoms with Crippen LogP contribution in [0.4, 0.5) is 4.39 Å². The first-order valence-corrected chi connectivity index (χ1v) is 10.3. The maximum absolute atomic E-state index is 13.7. The Labute approximate surface area is 160 Å². The SMILES string of the molecule is C[C@]12CC[C@@H]3c4cc(-c5cccc(F)c5)c(O)cc4CC[C@H]3[C@@H]1CC[C@@H]2O. The van der Waals surface area contributed by atoms with Gasteiger partial charge in [-0.1, -0.05) is 19.1 Å². The van der Waals surface area contributed by atoms with Crippen LogP contribution in [0.15, 0.2) is 36.4 Å². The molecule has 0 aromatic heterocycles. The van der Waals surface area contributed by atoms with Crippen LogP contribution in [0.5, 0.6) is 5.75 Å². The molecule has 27 heavy (non-hydrogen) atoms. The van der Waals surface area contributed by atoms with Crippen molar-refractivity contribution < 1.29 is 14.6 Å². The summed E-state index contributed by atoms with van der Waals surface area (Å²) in [6.07, 6.45) is 6.18. The molecule has 0 bridgehead atoms. The van der Waals surface area contributed by atoms with Gasteiger partial charge in [0.1, 0.15) is 11.6 Å². The molecule has 0 radical (unpaired) electrons. The van der Waals surface area contributed by atoms with Crippen LogP contribution in [0.1, 0.15) is 56.1 Å². The molecule has 2 nitrogen and oxygen atoms in total. The number of aromatic hydroxyl groups is 1. The lowest BCUT2D eigenvalue weighted by Crippen LogP contribution is -2.43. The van der Waals surface area contributed by atoms with Crippen LogP contribution in [0, 0.1) is 23.1 Å². The van der Waals surface area contributed by atoms with E-state index < -0.39 is 0 Å². The van der Waals surface area contributed by atoms with Gasteiger partial charge in [-0.3, -0.25) is 0 Å². The molecule has 0 aliphatic heterocycles. The Bertz CT molecular complexity index is 892. The first kappa shape index (κ1) is 17.2. The van der Waals surface area contributed by atoms with Crippen LogP contribution in [0.3, 0.4) is 0 Å². The third-order valence-electron chi connectivity index (χ3n) is 7.93. The van der Waals surface area contributed by atoms with Gasteiger partial charge < -0.3 is 10.2 Å². The number of aliphatic hydroxyl groups excluding tert-OH is 1. The molecular weight excluding hydrogens is 339 g/mol. The normalized spacial score (nSPS) is 34.6. The highest BCUT2D eigenvalue weighted by atomic mass is 19.1. The molecule has 3 heteroatoms. The highest BCUT2D eigenvalue weighted by Gasteiger charge is 2.54. The quantitative estimate of drug-likeness (QED) is 0.708. The predicted octanol–water partition coefficient (Wildman–Crippen LogP) is 5.42. The first-order chi connectivity index (χ1) is 13.0. The predicted molar refractivity (Wildman–Crippen MR) is 104 cm³/mol. The van der Waals surface area contributed by atoms with Gasteiger partial charge >= 0.3 is 0 Å². The lowest BCUT2D eigenvalue weighted by molar-refractivity contribution is -0.0226. The topological polar surface area (TPSA) is 40.5 Å². The summed E-state index contributed by atoms with van der Waals surface area (Å²) in [5, 5.41) is 21.1. The number of benzene rings is 2. The number of hydrogen-bond acceptors (Lipinski definition) is 2. The lowest BCUT2D eigenvalue weighted by atomic mass is 9.55. The monoisotopic (exact) mass is 366 g/mol. The molecule has 0 saturated heterocycles. The number of phenolic OH excluding ortho intramolecular Hbond substituents is 1. The molecule has 3 aliphatic rings. The Morgan fingerprint density at radius 2 is 1.93 bits per heavy atom. The highest BCUT2D eigenvalue weighted by molar-refractivity contribution is 5.72. The van der Waals surface area contributed by atoms with Crippen molar-refractivity contribution in [3.05, 3.63) is 53.3 Å². The van der Waals surface area contributed by atoms with Crippen molar-refractivity contribution in [1.82, 2.24) is 0 Å². The zero-order valence-corrected chi connectivity index (χ0v) is 15.8. The number of phenols is 1. The number of hydrogen-bond donors (Lipinski definition) is 2. The van der Waals surface area contributed by atoms with E-state index in [1.165, 1.54) is 23.3 Å². The standard InChI is InChI=1S/C24H27FO2/c1-24-10-9-17-18(21(24)7-8-23(24)27)6-5-15-12-22(26)20(13-19(15)17)14-3-2-4-16(25)11-14/h2-4,11-13,17-18,21,23,26-27H,5-10H2,1H3/t17-,18+,21-,23-,24-/m0/s1. The van der Waals surface area contributed by atoms with E-state index in [-0.39, 0.29) is 23.1 Å². The van der Waals surface area contributed by atoms with Crippen LogP contribution in [0.2, 0.25) is 0 Å². The molecule has 2 saturated carbocycles. The van der Waals surface area contributed by atoms with E-state index in [1.807, 2.05) is 12.1 Å². The summed E-state index contributed by atoms with van der Waals surface area (Å²) in [5.74, 6) is 1.65. The van der Waals surface area contributed by atoms with E-state index >= 15 is 0 Å². The van der Waals surface area contributed by atoms with E-state index in [4.69, 9.17) is 0 Å². The fraction of sp³-hybridized carbons (Fsp3) is 0.500. The van der Waals surface area contributed by atoms with Gasteiger partial charge in [0.2, 0.25) is 0 Å². The second-order valence-corrected chi connectivity index (χ2v) is 9.13. The largest absolute Gasteiger partial charge is 0.507 e. The Morgan fingerprint density at radius 3 is 2.74 bits per heavy atom. The Balaban J connectivity index is 1.56. The molecule has 0 spiro atoms. The highest BCUT2D eigenvalue weighted by Crippen LogP contribution is 2.61. The van der Waals surface area contributed by atoms with Gasteiger partial charge in [0, 0.05) is 5.56 Å². The fourth-order valence-corrected chi connectivity index (χ4v) is 6.47. The van der Waals surface area contributed by atoms with Gasteiger partial charge in [0.05, 0.1) is 6.10 Å². The van der Waals surface area contributed by atoms with Gasteiger partial charge in [0.15, 0.2) is 0 Å². The molecule has 0 unspecified atom stereocenters. The minimum atomic E-state index is -0.282. The summed E-state index contributed by atoms with van der Waals surface area (Å²) in [6.45, 7) is 2.29. The molecule has 142 valence electrons. The number of aliphatic hydroxyl groups is 1. The van der Waals surface area contributed by atoms with Crippen LogP contribution in [-0.2, 0) is 6.42 Å². The van der Waals surface area contributed by atoms with E-state index in [0.717, 1.165) is 49.7 Å². The number of halogens is 1. The number of rotatable bonds is 1. The van der Waals surface area contributed by atoms with Gasteiger partial charge in [0.25, 0.3) is 0 Å². The van der Waals surface area contributed by atoms with E-state index in [1.54, 1.807) is 6.07 Å². The molecule has 2 N–H and O–H groups in total. The lowest BCUT2D eigenvalue weighted by Gasteiger charge is -2.50. The summed E-state index contributed by atoms with van der Waals surface area (Å²) in [4.78, 5) is 0. The van der Waals surface area contributed by atoms with Crippen molar-refractivity contribution in [2.45, 2.75) is 57.5 Å². The summed E-state index contributed by atoms with van der Waals surface area (Å²) in [7, 11) is 0. The summed E-state index contributed by atoms with van der Waals surface area (Å²) in [6, 6.07) is 10.5. The third kappa shape index (κ3) is 2.55.